The summed E-state index contributed by atoms with van der Waals surface area (Å²) < 4.78 is 24.6. The van der Waals surface area contributed by atoms with Gasteiger partial charge < -0.3 is 19.0 Å². The first-order valence-corrected chi connectivity index (χ1v) is 10.1. The third kappa shape index (κ3) is 4.47. The van der Waals surface area contributed by atoms with Gasteiger partial charge in [-0.25, -0.2) is 4.39 Å². The number of hydrogen-bond acceptors (Lipinski definition) is 6. The number of nitrogens with zero attached hydrogens (tertiary/aromatic N) is 4. The van der Waals surface area contributed by atoms with Crippen LogP contribution in [-0.4, -0.2) is 49.1 Å². The summed E-state index contributed by atoms with van der Waals surface area (Å²) in [5.41, 5.74) is 1.37. The maximum absolute atomic E-state index is 13.4. The van der Waals surface area contributed by atoms with Crippen LogP contribution in [0.25, 0.3) is 12.2 Å². The molecule has 0 bridgehead atoms. The van der Waals surface area contributed by atoms with Gasteiger partial charge in [0, 0.05) is 43.4 Å². The normalized spacial score (nSPS) is 13.9. The number of carbonyl (C=O) groups is 1. The summed E-state index contributed by atoms with van der Waals surface area (Å²) in [6, 6.07) is 15.3. The number of anilines is 1. The molecule has 1 saturated heterocycles. The molecule has 4 rings (SSSR count). The average Bonchev–Trinajstić information content (AvgIpc) is 3.26. The number of amides is 1. The van der Waals surface area contributed by atoms with Gasteiger partial charge in [0.15, 0.2) is 0 Å². The van der Waals surface area contributed by atoms with Gasteiger partial charge in [-0.15, -0.1) is 0 Å². The average molecular weight is 432 g/mol. The summed E-state index contributed by atoms with van der Waals surface area (Å²) in [4.78, 5) is 20.4. The van der Waals surface area contributed by atoms with Crippen molar-refractivity contribution in [1.29, 1.82) is 5.26 Å². The molecule has 162 valence electrons. The summed E-state index contributed by atoms with van der Waals surface area (Å²) in [5, 5.41) is 9.50. The highest BCUT2D eigenvalue weighted by atomic mass is 19.1. The minimum absolute atomic E-state index is 0.189. The second-order valence-corrected chi connectivity index (χ2v) is 7.18. The predicted octanol–water partition coefficient (Wildman–Crippen LogP) is 3.83. The van der Waals surface area contributed by atoms with Gasteiger partial charge in [0.1, 0.15) is 17.6 Å². The molecule has 0 unspecified atom stereocenters. The monoisotopic (exact) mass is 432 g/mol. The molecule has 1 aliphatic rings. The second-order valence-electron chi connectivity index (χ2n) is 7.18. The SMILES string of the molecule is COc1ccccc1/C=C/c1nc(C#N)c(N2CCN(C(=O)c3cccc(F)c3)CC2)o1. The molecular weight excluding hydrogens is 411 g/mol. The molecule has 1 fully saturated rings. The largest absolute Gasteiger partial charge is 0.496 e. The molecule has 7 nitrogen and oxygen atoms in total. The lowest BCUT2D eigenvalue weighted by Gasteiger charge is -2.34. The van der Waals surface area contributed by atoms with Crippen LogP contribution < -0.4 is 9.64 Å². The molecule has 1 amide bonds. The van der Waals surface area contributed by atoms with E-state index in [1.165, 1.54) is 18.2 Å². The van der Waals surface area contributed by atoms with Crippen molar-refractivity contribution in [3.05, 3.63) is 77.1 Å². The predicted molar refractivity (Wildman–Crippen MR) is 118 cm³/mol. The number of para-hydroxylation sites is 1. The summed E-state index contributed by atoms with van der Waals surface area (Å²) in [7, 11) is 1.60. The smallest absolute Gasteiger partial charge is 0.254 e. The Bertz CT molecular complexity index is 1190. The van der Waals surface area contributed by atoms with Gasteiger partial charge >= 0.3 is 0 Å². The Kier molecular flexibility index (Phi) is 6.17. The van der Waals surface area contributed by atoms with Gasteiger partial charge in [-0.3, -0.25) is 4.79 Å². The standard InChI is InChI=1S/C24H21FN4O3/c1-31-21-8-3-2-5-17(21)9-10-22-27-20(16-26)24(32-22)29-13-11-28(12-14-29)23(30)18-6-4-7-19(25)15-18/h2-10,15H,11-14H2,1H3/b10-9+. The lowest BCUT2D eigenvalue weighted by Crippen LogP contribution is -2.48. The van der Waals surface area contributed by atoms with Crippen LogP contribution in [0.3, 0.4) is 0 Å². The molecule has 0 atom stereocenters. The fourth-order valence-electron chi connectivity index (χ4n) is 3.57. The highest BCUT2D eigenvalue weighted by Gasteiger charge is 2.26. The summed E-state index contributed by atoms with van der Waals surface area (Å²) in [6.07, 6.45) is 3.50. The molecule has 0 spiro atoms. The minimum Gasteiger partial charge on any atom is -0.496 e. The van der Waals surface area contributed by atoms with E-state index in [1.807, 2.05) is 35.2 Å². The molecule has 0 radical (unpaired) electrons. The van der Waals surface area contributed by atoms with E-state index in [4.69, 9.17) is 9.15 Å². The number of rotatable bonds is 5. The summed E-state index contributed by atoms with van der Waals surface area (Å²) in [6.45, 7) is 1.79. The first-order valence-electron chi connectivity index (χ1n) is 10.1. The van der Waals surface area contributed by atoms with Crippen LogP contribution >= 0.6 is 0 Å². The van der Waals surface area contributed by atoms with Crippen molar-refractivity contribution < 1.29 is 18.3 Å². The molecular formula is C24H21FN4O3. The van der Waals surface area contributed by atoms with Gasteiger partial charge in [0.05, 0.1) is 7.11 Å². The molecule has 1 aromatic heterocycles. The van der Waals surface area contributed by atoms with Crippen LogP contribution in [0.5, 0.6) is 5.75 Å². The van der Waals surface area contributed by atoms with E-state index >= 15 is 0 Å². The Labute approximate surface area is 185 Å². The number of carbonyl (C=O) groups excluding carboxylic acids is 1. The Morgan fingerprint density at radius 1 is 1.16 bits per heavy atom. The molecule has 2 aromatic carbocycles. The first kappa shape index (κ1) is 21.1. The Morgan fingerprint density at radius 2 is 1.94 bits per heavy atom. The summed E-state index contributed by atoms with van der Waals surface area (Å²) >= 11 is 0. The quantitative estimate of drug-likeness (QED) is 0.610. The highest BCUT2D eigenvalue weighted by molar-refractivity contribution is 5.94. The molecule has 8 heteroatoms. The van der Waals surface area contributed by atoms with Gasteiger partial charge in [-0.05, 0) is 30.3 Å². The van der Waals surface area contributed by atoms with Gasteiger partial charge in [-0.2, -0.15) is 10.2 Å². The van der Waals surface area contributed by atoms with Gasteiger partial charge in [0.25, 0.3) is 5.91 Å². The zero-order chi connectivity index (χ0) is 22.5. The third-order valence-electron chi connectivity index (χ3n) is 5.20. The van der Waals surface area contributed by atoms with Crippen LogP contribution in [0.15, 0.2) is 52.9 Å². The molecule has 3 aromatic rings. The molecule has 1 aliphatic heterocycles. The van der Waals surface area contributed by atoms with Crippen molar-refractivity contribution in [3.63, 3.8) is 0 Å². The zero-order valence-electron chi connectivity index (χ0n) is 17.5. The Hall–Kier alpha value is -4.12. The van der Waals surface area contributed by atoms with E-state index in [-0.39, 0.29) is 11.6 Å². The number of oxazole rings is 1. The van der Waals surface area contributed by atoms with Crippen molar-refractivity contribution in [2.45, 2.75) is 0 Å². The number of aromatic nitrogens is 1. The van der Waals surface area contributed by atoms with E-state index < -0.39 is 5.82 Å². The number of benzene rings is 2. The number of methoxy groups -OCH3 is 1. The molecule has 2 heterocycles. The number of halogens is 1. The summed E-state index contributed by atoms with van der Waals surface area (Å²) in [5.74, 6) is 0.743. The van der Waals surface area contributed by atoms with Crippen molar-refractivity contribution in [3.8, 4) is 11.8 Å². The van der Waals surface area contributed by atoms with Crippen molar-refractivity contribution in [2.24, 2.45) is 0 Å². The number of hydrogen-bond donors (Lipinski definition) is 0. The molecule has 32 heavy (non-hydrogen) atoms. The number of piperazine rings is 1. The van der Waals surface area contributed by atoms with Crippen molar-refractivity contribution >= 4 is 23.9 Å². The van der Waals surface area contributed by atoms with Crippen LogP contribution in [0, 0.1) is 17.1 Å². The van der Waals surface area contributed by atoms with Crippen LogP contribution in [0.4, 0.5) is 10.3 Å². The van der Waals surface area contributed by atoms with Crippen molar-refractivity contribution in [2.75, 3.05) is 38.2 Å². The first-order chi connectivity index (χ1) is 15.6. The Morgan fingerprint density at radius 3 is 2.66 bits per heavy atom. The highest BCUT2D eigenvalue weighted by Crippen LogP contribution is 2.26. The fourth-order valence-corrected chi connectivity index (χ4v) is 3.57. The Balaban J connectivity index is 1.46. The van der Waals surface area contributed by atoms with E-state index in [0.717, 1.165) is 11.3 Å². The van der Waals surface area contributed by atoms with Gasteiger partial charge in [-0.1, -0.05) is 24.3 Å². The van der Waals surface area contributed by atoms with E-state index in [2.05, 4.69) is 11.1 Å². The maximum Gasteiger partial charge on any atom is 0.254 e. The van der Waals surface area contributed by atoms with Gasteiger partial charge in [0.2, 0.25) is 17.5 Å². The van der Waals surface area contributed by atoms with E-state index in [1.54, 1.807) is 24.2 Å². The zero-order valence-corrected chi connectivity index (χ0v) is 17.5. The third-order valence-corrected chi connectivity index (χ3v) is 5.20. The fraction of sp³-hybridized carbons (Fsp3) is 0.208. The van der Waals surface area contributed by atoms with Crippen molar-refractivity contribution in [1.82, 2.24) is 9.88 Å². The molecule has 0 N–H and O–H groups in total. The lowest BCUT2D eigenvalue weighted by molar-refractivity contribution is 0.0745. The van der Waals surface area contributed by atoms with Crippen LogP contribution in [0.1, 0.15) is 27.5 Å². The number of ether oxygens (including phenoxy) is 1. The topological polar surface area (TPSA) is 82.6 Å². The maximum atomic E-state index is 13.4. The molecule has 0 aliphatic carbocycles. The van der Waals surface area contributed by atoms with E-state index in [9.17, 15) is 14.4 Å². The van der Waals surface area contributed by atoms with Crippen LogP contribution in [-0.2, 0) is 0 Å². The van der Waals surface area contributed by atoms with E-state index in [0.29, 0.717) is 43.5 Å². The number of nitriles is 1. The van der Waals surface area contributed by atoms with Crippen LogP contribution in [0.2, 0.25) is 0 Å². The lowest BCUT2D eigenvalue weighted by atomic mass is 10.1. The molecule has 0 saturated carbocycles. The minimum atomic E-state index is -0.441. The second kappa shape index (κ2) is 9.35.